The van der Waals surface area contributed by atoms with Crippen LogP contribution in [-0.4, -0.2) is 67.1 Å². The maximum atomic E-state index is 14.3. The Bertz CT molecular complexity index is 1000. The molecular formula is C26H34O8. The number of carbonyl (C=O) groups excluding carboxylic acids is 3. The summed E-state index contributed by atoms with van der Waals surface area (Å²) >= 11 is 0. The molecule has 7 fully saturated rings. The van der Waals surface area contributed by atoms with E-state index in [1.54, 1.807) is 0 Å². The van der Waals surface area contributed by atoms with Crippen molar-refractivity contribution in [2.24, 2.45) is 34.0 Å². The Morgan fingerprint density at radius 2 is 1.74 bits per heavy atom. The van der Waals surface area contributed by atoms with Gasteiger partial charge in [-0.05, 0) is 46.0 Å². The lowest BCUT2D eigenvalue weighted by molar-refractivity contribution is -0.229. The molecule has 34 heavy (non-hydrogen) atoms. The molecule has 0 amide bonds. The molecule has 0 radical (unpaired) electrons. The van der Waals surface area contributed by atoms with Crippen LogP contribution in [0.1, 0.15) is 59.8 Å². The Hall–Kier alpha value is -1.51. The van der Waals surface area contributed by atoms with Gasteiger partial charge in [0, 0.05) is 35.7 Å². The third kappa shape index (κ3) is 2.13. The van der Waals surface area contributed by atoms with Gasteiger partial charge in [0.15, 0.2) is 6.10 Å². The van der Waals surface area contributed by atoms with Gasteiger partial charge in [0.2, 0.25) is 0 Å². The summed E-state index contributed by atoms with van der Waals surface area (Å²) in [6, 6.07) is 0. The van der Waals surface area contributed by atoms with E-state index in [4.69, 9.17) is 23.7 Å². The highest BCUT2D eigenvalue weighted by Gasteiger charge is 2.89. The number of epoxide rings is 1. The largest absolute Gasteiger partial charge is 0.465 e. The summed E-state index contributed by atoms with van der Waals surface area (Å²) < 4.78 is 30.4. The van der Waals surface area contributed by atoms with Gasteiger partial charge in [0.1, 0.15) is 24.1 Å². The SMILES string of the molecule is CC1(C)O[C@H]2CC(=O)OC[C@]23[C@H]1CC(=O)[C@]1(C)[C@H]3CC[C@@]2(C)[C@H](C3CCOC3)OC(=O)[C@H]3O[C@]321. The van der Waals surface area contributed by atoms with Crippen LogP contribution in [0.25, 0.3) is 0 Å². The Morgan fingerprint density at radius 1 is 0.941 bits per heavy atom. The summed E-state index contributed by atoms with van der Waals surface area (Å²) in [5, 5.41) is 0. The fourth-order valence-corrected chi connectivity index (χ4v) is 9.92. The average molecular weight is 475 g/mol. The first-order valence-corrected chi connectivity index (χ1v) is 12.9. The number of esters is 2. The first-order valence-electron chi connectivity index (χ1n) is 12.9. The lowest BCUT2D eigenvalue weighted by atomic mass is 9.37. The van der Waals surface area contributed by atoms with E-state index in [1.165, 1.54) is 0 Å². The number of hydrogen-bond acceptors (Lipinski definition) is 8. The third-order valence-electron chi connectivity index (χ3n) is 11.3. The molecule has 5 aliphatic heterocycles. The van der Waals surface area contributed by atoms with Crippen LogP contribution in [0, 0.1) is 34.0 Å². The molecule has 0 aromatic rings. The van der Waals surface area contributed by atoms with E-state index in [0.29, 0.717) is 19.6 Å². The molecule has 0 aromatic heterocycles. The Morgan fingerprint density at radius 3 is 2.47 bits per heavy atom. The molecule has 0 aromatic carbocycles. The van der Waals surface area contributed by atoms with Gasteiger partial charge < -0.3 is 23.7 Å². The normalized spacial score (nSPS) is 56.9. The van der Waals surface area contributed by atoms with Crippen LogP contribution in [0.2, 0.25) is 0 Å². The number of rotatable bonds is 1. The standard InChI is InChI=1S/C26H34O8/c1-22(2)15-9-16(27)24(4)14(25(15)12-31-18(28)10-17(25)33-22)5-7-23(3)19(13-6-8-30-11-13)32-21(29)20-26(23,24)34-20/h13-15,17,19-20H,5-12H2,1-4H3/t13?,14-,15+,17+,19+,20-,23+,24+,25+,26-/m1/s1. The monoisotopic (exact) mass is 474 g/mol. The van der Waals surface area contributed by atoms with Gasteiger partial charge in [-0.1, -0.05) is 6.92 Å². The van der Waals surface area contributed by atoms with E-state index in [-0.39, 0.29) is 60.7 Å². The van der Waals surface area contributed by atoms with Crippen molar-refractivity contribution in [1.82, 2.24) is 0 Å². The second kappa shape index (κ2) is 6.24. The zero-order valence-electron chi connectivity index (χ0n) is 20.4. The van der Waals surface area contributed by atoms with Crippen molar-refractivity contribution in [3.8, 4) is 0 Å². The second-order valence-corrected chi connectivity index (χ2v) is 12.8. The van der Waals surface area contributed by atoms with Crippen LogP contribution < -0.4 is 0 Å². The fraction of sp³-hybridized carbons (Fsp3) is 0.885. The minimum atomic E-state index is -0.902. The fourth-order valence-electron chi connectivity index (χ4n) is 9.92. The number of ketones is 1. The summed E-state index contributed by atoms with van der Waals surface area (Å²) in [7, 11) is 0. The number of Topliss-reactive ketones (excluding diaryl/α,β-unsaturated/α-hetero) is 1. The smallest absolute Gasteiger partial charge is 0.338 e. The predicted molar refractivity (Wildman–Crippen MR) is 115 cm³/mol. The molecule has 7 rings (SSSR count). The summed E-state index contributed by atoms with van der Waals surface area (Å²) in [5.74, 6) is -0.484. The van der Waals surface area contributed by atoms with Crippen LogP contribution in [0.3, 0.4) is 0 Å². The van der Waals surface area contributed by atoms with Crippen LogP contribution in [-0.2, 0) is 38.1 Å². The van der Waals surface area contributed by atoms with Gasteiger partial charge in [-0.3, -0.25) is 9.59 Å². The number of hydrogen-bond donors (Lipinski definition) is 0. The van der Waals surface area contributed by atoms with Crippen molar-refractivity contribution < 1.29 is 38.1 Å². The molecule has 0 N–H and O–H groups in total. The van der Waals surface area contributed by atoms with Crippen molar-refractivity contribution in [3.05, 3.63) is 0 Å². The van der Waals surface area contributed by atoms with Crippen molar-refractivity contribution in [2.75, 3.05) is 19.8 Å². The number of cyclic esters (lactones) is 2. The lowest BCUT2D eigenvalue weighted by Gasteiger charge is -2.65. The van der Waals surface area contributed by atoms with Crippen LogP contribution in [0.4, 0.5) is 0 Å². The first-order chi connectivity index (χ1) is 16.0. The number of ether oxygens (including phenoxy) is 5. The van der Waals surface area contributed by atoms with Gasteiger partial charge in [0.05, 0.1) is 30.1 Å². The molecule has 1 unspecified atom stereocenters. The highest BCUT2D eigenvalue weighted by molar-refractivity contribution is 5.93. The maximum Gasteiger partial charge on any atom is 0.338 e. The van der Waals surface area contributed by atoms with Gasteiger partial charge >= 0.3 is 11.9 Å². The van der Waals surface area contributed by atoms with Gasteiger partial charge in [-0.2, -0.15) is 0 Å². The quantitative estimate of drug-likeness (QED) is 0.421. The lowest BCUT2D eigenvalue weighted by Crippen LogP contribution is -2.74. The molecule has 186 valence electrons. The Kier molecular flexibility index (Phi) is 3.99. The van der Waals surface area contributed by atoms with E-state index >= 15 is 0 Å². The minimum absolute atomic E-state index is 0.0452. The molecule has 2 aliphatic carbocycles. The van der Waals surface area contributed by atoms with E-state index in [0.717, 1.165) is 19.3 Å². The van der Waals surface area contributed by atoms with Gasteiger partial charge in [0.25, 0.3) is 0 Å². The van der Waals surface area contributed by atoms with E-state index in [9.17, 15) is 14.4 Å². The molecule has 2 spiro atoms. The van der Waals surface area contributed by atoms with Crippen molar-refractivity contribution in [1.29, 1.82) is 0 Å². The first kappa shape index (κ1) is 21.7. The molecule has 8 nitrogen and oxygen atoms in total. The Balaban J connectivity index is 1.38. The summed E-state index contributed by atoms with van der Waals surface area (Å²) in [6.07, 6.45) is 1.60. The number of carbonyl (C=O) groups is 3. The zero-order chi connectivity index (χ0) is 23.9. The summed E-state index contributed by atoms with van der Waals surface area (Å²) in [5.41, 5.74) is -3.26. The van der Waals surface area contributed by atoms with E-state index in [2.05, 4.69) is 6.92 Å². The predicted octanol–water partition coefficient (Wildman–Crippen LogP) is 2.21. The molecule has 10 atom stereocenters. The average Bonchev–Trinajstić information content (AvgIpc) is 3.26. The van der Waals surface area contributed by atoms with E-state index < -0.39 is 33.6 Å². The third-order valence-corrected chi connectivity index (χ3v) is 11.3. The maximum absolute atomic E-state index is 14.3. The topological polar surface area (TPSA) is 101 Å². The molecule has 5 saturated heterocycles. The molecule has 2 saturated carbocycles. The molecular weight excluding hydrogens is 440 g/mol. The molecule has 5 heterocycles. The minimum Gasteiger partial charge on any atom is -0.465 e. The highest BCUT2D eigenvalue weighted by atomic mass is 16.7. The Labute approximate surface area is 199 Å². The highest BCUT2D eigenvalue weighted by Crippen LogP contribution is 2.78. The number of fused-ring (bicyclic) bond motifs is 1. The van der Waals surface area contributed by atoms with Crippen molar-refractivity contribution >= 4 is 17.7 Å². The van der Waals surface area contributed by atoms with Crippen LogP contribution >= 0.6 is 0 Å². The van der Waals surface area contributed by atoms with Gasteiger partial charge in [-0.25, -0.2) is 4.79 Å². The van der Waals surface area contributed by atoms with Crippen molar-refractivity contribution in [3.63, 3.8) is 0 Å². The van der Waals surface area contributed by atoms with E-state index in [1.807, 2.05) is 20.8 Å². The summed E-state index contributed by atoms with van der Waals surface area (Å²) in [6.45, 7) is 9.75. The molecule has 8 heteroatoms. The van der Waals surface area contributed by atoms with Crippen LogP contribution in [0.5, 0.6) is 0 Å². The van der Waals surface area contributed by atoms with Crippen LogP contribution in [0.15, 0.2) is 0 Å². The van der Waals surface area contributed by atoms with Gasteiger partial charge in [-0.15, -0.1) is 0 Å². The van der Waals surface area contributed by atoms with Crippen molar-refractivity contribution in [2.45, 2.75) is 89.3 Å². The second-order valence-electron chi connectivity index (χ2n) is 12.8. The zero-order valence-corrected chi connectivity index (χ0v) is 20.4. The molecule has 7 aliphatic rings. The summed E-state index contributed by atoms with van der Waals surface area (Å²) in [4.78, 5) is 39.7. The molecule has 0 bridgehead atoms.